The van der Waals surface area contributed by atoms with Crippen molar-refractivity contribution in [2.75, 3.05) is 4.31 Å². The lowest BCUT2D eigenvalue weighted by Gasteiger charge is -2.31. The Morgan fingerprint density at radius 3 is 2.11 bits per heavy atom. The number of fused-ring (bicyclic) bond motifs is 1. The van der Waals surface area contributed by atoms with Gasteiger partial charge in [0.05, 0.1) is 16.3 Å². The van der Waals surface area contributed by atoms with Gasteiger partial charge < -0.3 is 0 Å². The number of aryl methyl sites for hydroxylation is 1. The van der Waals surface area contributed by atoms with Gasteiger partial charge >= 0.3 is 0 Å². The van der Waals surface area contributed by atoms with Crippen molar-refractivity contribution in [3.05, 3.63) is 138 Å². The summed E-state index contributed by atoms with van der Waals surface area (Å²) in [5.41, 5.74) is 5.66. The minimum atomic E-state index is -3.80. The highest BCUT2D eigenvalue weighted by Gasteiger charge is 2.40. The van der Waals surface area contributed by atoms with Crippen LogP contribution in [-0.4, -0.2) is 14.1 Å². The molecule has 4 aromatic rings. The fraction of sp³-hybridized carbons (Fsp3) is 0.156. The zero-order valence-corrected chi connectivity index (χ0v) is 21.9. The van der Waals surface area contributed by atoms with Gasteiger partial charge in [0.2, 0.25) is 0 Å². The molecule has 5 rings (SSSR count). The third-order valence-corrected chi connectivity index (χ3v) is 8.76. The summed E-state index contributed by atoms with van der Waals surface area (Å²) in [5.74, 6) is 0. The van der Waals surface area contributed by atoms with Crippen LogP contribution in [0, 0.1) is 6.92 Å². The van der Waals surface area contributed by atoms with Crippen LogP contribution in [0.1, 0.15) is 30.0 Å². The van der Waals surface area contributed by atoms with E-state index in [9.17, 15) is 8.42 Å². The Bertz CT molecular complexity index is 1540. The first-order valence-electron chi connectivity index (χ1n) is 12.4. The van der Waals surface area contributed by atoms with Gasteiger partial charge in [0.15, 0.2) is 0 Å². The number of benzene rings is 4. The molecular formula is C32H30N2O2S. The number of hydrogen-bond acceptors (Lipinski definition) is 3. The molecule has 0 aliphatic carbocycles. The molecule has 0 saturated carbocycles. The van der Waals surface area contributed by atoms with E-state index in [0.29, 0.717) is 12.1 Å². The van der Waals surface area contributed by atoms with Crippen molar-refractivity contribution in [3.63, 3.8) is 0 Å². The van der Waals surface area contributed by atoms with Gasteiger partial charge in [-0.3, -0.25) is 4.99 Å². The standard InChI is InChI=1S/C32H30N2O2S/c1-25-18-20-29(21-19-25)37(35,36)34(28-14-7-4-8-15-28)23-11-22-32(24-27-12-5-3-6-13-27)26(2)33-31-17-10-9-16-30(31)32/h3-21,23H,22,24H2,1-2H3/b23-11+/t32-/m0/s1. The van der Waals surface area contributed by atoms with Crippen molar-refractivity contribution in [3.8, 4) is 0 Å². The van der Waals surface area contributed by atoms with Gasteiger partial charge in [-0.1, -0.05) is 90.5 Å². The molecule has 0 unspecified atom stereocenters. The Hall–Kier alpha value is -3.96. The van der Waals surface area contributed by atoms with Gasteiger partial charge in [0.25, 0.3) is 10.0 Å². The normalized spacial score (nSPS) is 17.0. The van der Waals surface area contributed by atoms with Crippen molar-refractivity contribution >= 4 is 27.1 Å². The van der Waals surface area contributed by atoms with Crippen molar-refractivity contribution in [1.82, 2.24) is 0 Å². The summed E-state index contributed by atoms with van der Waals surface area (Å²) in [4.78, 5) is 5.17. The predicted octanol–water partition coefficient (Wildman–Crippen LogP) is 7.38. The van der Waals surface area contributed by atoms with Crippen LogP contribution in [0.2, 0.25) is 0 Å². The number of hydrogen-bond donors (Lipinski definition) is 0. The molecule has 0 bridgehead atoms. The van der Waals surface area contributed by atoms with E-state index >= 15 is 0 Å². The summed E-state index contributed by atoms with van der Waals surface area (Å²) in [7, 11) is -3.80. The molecule has 1 heterocycles. The maximum absolute atomic E-state index is 13.8. The molecule has 0 N–H and O–H groups in total. The summed E-state index contributed by atoms with van der Waals surface area (Å²) in [5, 5.41) is 0. The van der Waals surface area contributed by atoms with Gasteiger partial charge in [-0.25, -0.2) is 12.7 Å². The molecule has 0 radical (unpaired) electrons. The van der Waals surface area contributed by atoms with Gasteiger partial charge in [-0.15, -0.1) is 0 Å². The van der Waals surface area contributed by atoms with Crippen molar-refractivity contribution in [1.29, 1.82) is 0 Å². The summed E-state index contributed by atoms with van der Waals surface area (Å²) >= 11 is 0. The predicted molar refractivity (Wildman–Crippen MR) is 152 cm³/mol. The summed E-state index contributed by atoms with van der Waals surface area (Å²) in [6.45, 7) is 4.02. The van der Waals surface area contributed by atoms with E-state index in [0.717, 1.165) is 23.4 Å². The molecule has 0 spiro atoms. The Morgan fingerprint density at radius 1 is 0.784 bits per heavy atom. The molecular weight excluding hydrogens is 476 g/mol. The fourth-order valence-corrected chi connectivity index (χ4v) is 6.36. The van der Waals surface area contributed by atoms with E-state index in [2.05, 4.69) is 43.3 Å². The molecule has 0 amide bonds. The molecule has 37 heavy (non-hydrogen) atoms. The Balaban J connectivity index is 1.55. The number of anilines is 1. The smallest absolute Gasteiger partial charge is 0.257 e. The second-order valence-corrected chi connectivity index (χ2v) is 11.3. The molecule has 186 valence electrons. The number of para-hydroxylation sites is 2. The second kappa shape index (κ2) is 10.2. The average molecular weight is 507 g/mol. The van der Waals surface area contributed by atoms with E-state index in [1.165, 1.54) is 15.4 Å². The molecule has 1 aliphatic heterocycles. The summed E-state index contributed by atoms with van der Waals surface area (Å²) < 4.78 is 28.9. The van der Waals surface area contributed by atoms with Crippen molar-refractivity contribution < 1.29 is 8.42 Å². The molecule has 4 aromatic carbocycles. The zero-order valence-electron chi connectivity index (χ0n) is 21.1. The van der Waals surface area contributed by atoms with E-state index in [1.807, 2.05) is 73.7 Å². The molecule has 0 aromatic heterocycles. The highest BCUT2D eigenvalue weighted by molar-refractivity contribution is 7.93. The van der Waals surface area contributed by atoms with Crippen LogP contribution in [0.5, 0.6) is 0 Å². The zero-order chi connectivity index (χ0) is 25.9. The average Bonchev–Trinajstić information content (AvgIpc) is 3.18. The number of sulfonamides is 1. The molecule has 0 saturated heterocycles. The van der Waals surface area contributed by atoms with Crippen LogP contribution in [0.4, 0.5) is 11.4 Å². The summed E-state index contributed by atoms with van der Waals surface area (Å²) in [6, 6.07) is 34.8. The SMILES string of the molecule is CC1=Nc2ccccc2[C@@]1(C/C=C/N(c1ccccc1)S(=O)(=O)c1ccc(C)cc1)Cc1ccccc1. The second-order valence-electron chi connectivity index (χ2n) is 9.50. The molecule has 1 aliphatic rings. The minimum absolute atomic E-state index is 0.259. The first-order valence-corrected chi connectivity index (χ1v) is 13.9. The van der Waals surface area contributed by atoms with E-state index < -0.39 is 10.0 Å². The van der Waals surface area contributed by atoms with Crippen LogP contribution in [0.25, 0.3) is 0 Å². The highest BCUT2D eigenvalue weighted by atomic mass is 32.2. The van der Waals surface area contributed by atoms with E-state index in [-0.39, 0.29) is 10.3 Å². The Kier molecular flexibility index (Phi) is 6.81. The Labute approximate surface area is 219 Å². The minimum Gasteiger partial charge on any atom is -0.257 e. The Morgan fingerprint density at radius 2 is 1.41 bits per heavy atom. The van der Waals surface area contributed by atoms with Crippen LogP contribution >= 0.6 is 0 Å². The third kappa shape index (κ3) is 4.87. The van der Waals surface area contributed by atoms with E-state index in [1.54, 1.807) is 18.3 Å². The maximum Gasteiger partial charge on any atom is 0.268 e. The van der Waals surface area contributed by atoms with Crippen LogP contribution in [0.3, 0.4) is 0 Å². The molecule has 5 heteroatoms. The van der Waals surface area contributed by atoms with Crippen LogP contribution in [0.15, 0.2) is 131 Å². The maximum atomic E-state index is 13.8. The van der Waals surface area contributed by atoms with Gasteiger partial charge in [-0.2, -0.15) is 0 Å². The van der Waals surface area contributed by atoms with Crippen molar-refractivity contribution in [2.45, 2.75) is 37.0 Å². The number of allylic oxidation sites excluding steroid dienone is 1. The topological polar surface area (TPSA) is 49.7 Å². The van der Waals surface area contributed by atoms with Crippen LogP contribution in [-0.2, 0) is 21.9 Å². The number of nitrogens with zero attached hydrogens (tertiary/aromatic N) is 2. The largest absolute Gasteiger partial charge is 0.268 e. The molecule has 0 fully saturated rings. The fourth-order valence-electron chi connectivity index (χ4n) is 5.01. The van der Waals surface area contributed by atoms with Crippen molar-refractivity contribution in [2.24, 2.45) is 4.99 Å². The van der Waals surface area contributed by atoms with Gasteiger partial charge in [0.1, 0.15) is 0 Å². The lowest BCUT2D eigenvalue weighted by molar-refractivity contribution is 0.585. The highest BCUT2D eigenvalue weighted by Crippen LogP contribution is 2.45. The monoisotopic (exact) mass is 506 g/mol. The first kappa shape index (κ1) is 24.7. The van der Waals surface area contributed by atoms with Crippen LogP contribution < -0.4 is 4.31 Å². The lowest BCUT2D eigenvalue weighted by Crippen LogP contribution is -2.34. The van der Waals surface area contributed by atoms with Gasteiger partial charge in [0, 0.05) is 17.3 Å². The van der Waals surface area contributed by atoms with Gasteiger partial charge in [-0.05, 0) is 68.1 Å². The lowest BCUT2D eigenvalue weighted by atomic mass is 9.71. The first-order chi connectivity index (χ1) is 17.9. The number of aliphatic imine (C=N–C) groups is 1. The van der Waals surface area contributed by atoms with E-state index in [4.69, 9.17) is 4.99 Å². The molecule has 4 nitrogen and oxygen atoms in total. The third-order valence-electron chi connectivity index (χ3n) is 7.04. The molecule has 1 atom stereocenters. The summed E-state index contributed by atoms with van der Waals surface area (Å²) in [6.07, 6.45) is 5.07. The quantitative estimate of drug-likeness (QED) is 0.250. The number of rotatable bonds is 8.